The van der Waals surface area contributed by atoms with Crippen LogP contribution in [0.5, 0.6) is 0 Å². The maximum absolute atomic E-state index is 12.8. The number of rotatable bonds is 8. The van der Waals surface area contributed by atoms with E-state index >= 15 is 0 Å². The van der Waals surface area contributed by atoms with Crippen LogP contribution in [0.3, 0.4) is 0 Å². The lowest BCUT2D eigenvalue weighted by Crippen LogP contribution is -2.48. The van der Waals surface area contributed by atoms with Gasteiger partial charge in [0.15, 0.2) is 0 Å². The molecule has 0 unspecified atom stereocenters. The SMILES string of the molecule is Cc1nc2ccc3ccc(CNc4ccc5c(c4)CN([C@@H](CCC(=O)[O-])C(=O)[O-])C5=O)cc3c2c(=O)[nH]1. The second-order valence-corrected chi connectivity index (χ2v) is 9.07. The molecular formula is C27H22N4O6-2. The van der Waals surface area contributed by atoms with Gasteiger partial charge in [-0.3, -0.25) is 9.59 Å². The number of H-pyrrole nitrogens is 1. The lowest BCUT2D eigenvalue weighted by atomic mass is 10.0. The first kappa shape index (κ1) is 24.0. The maximum Gasteiger partial charge on any atom is 0.259 e. The largest absolute Gasteiger partial charge is 0.550 e. The number of fused-ring (bicyclic) bond motifs is 4. The van der Waals surface area contributed by atoms with Gasteiger partial charge in [0.2, 0.25) is 0 Å². The quantitative estimate of drug-likeness (QED) is 0.334. The van der Waals surface area contributed by atoms with Crippen molar-refractivity contribution >= 4 is 45.2 Å². The third-order valence-electron chi connectivity index (χ3n) is 6.58. The van der Waals surface area contributed by atoms with E-state index < -0.39 is 30.3 Å². The minimum atomic E-state index is -1.51. The Balaban J connectivity index is 1.36. The first-order valence-electron chi connectivity index (χ1n) is 11.7. The van der Waals surface area contributed by atoms with Gasteiger partial charge in [0.05, 0.1) is 22.9 Å². The van der Waals surface area contributed by atoms with Crippen LogP contribution in [0.2, 0.25) is 0 Å². The zero-order valence-electron chi connectivity index (χ0n) is 19.9. The Hall–Kier alpha value is -4.73. The standard InChI is InChI=1S/C27H24N4O6/c1-14-29-21-7-4-16-3-2-15(10-20(16)24(21)25(34)30-14)12-28-18-5-6-19-17(11-18)13-31(26(19)35)22(27(36)37)8-9-23(32)33/h2-7,10-11,22,28H,8-9,12-13H2,1H3,(H,32,33)(H,36,37)(H,29,30,34)/p-2/t22-/m0/s1. The summed E-state index contributed by atoms with van der Waals surface area (Å²) in [7, 11) is 0. The van der Waals surface area contributed by atoms with Gasteiger partial charge in [0, 0.05) is 30.3 Å². The summed E-state index contributed by atoms with van der Waals surface area (Å²) < 4.78 is 0. The van der Waals surface area contributed by atoms with Crippen molar-refractivity contribution in [3.05, 3.63) is 81.4 Å². The summed E-state index contributed by atoms with van der Waals surface area (Å²) in [5, 5.41) is 27.9. The van der Waals surface area contributed by atoms with Gasteiger partial charge in [-0.05, 0) is 72.0 Å². The number of carbonyl (C=O) groups is 3. The van der Waals surface area contributed by atoms with Crippen LogP contribution in [-0.4, -0.2) is 38.8 Å². The highest BCUT2D eigenvalue weighted by molar-refractivity contribution is 6.06. The summed E-state index contributed by atoms with van der Waals surface area (Å²) in [6.07, 6.45) is -0.780. The van der Waals surface area contributed by atoms with Crippen LogP contribution in [0.4, 0.5) is 5.69 Å². The summed E-state index contributed by atoms with van der Waals surface area (Å²) >= 11 is 0. The highest BCUT2D eigenvalue weighted by Crippen LogP contribution is 2.29. The Kier molecular flexibility index (Phi) is 6.08. The molecule has 0 fully saturated rings. The van der Waals surface area contributed by atoms with Gasteiger partial charge < -0.3 is 35.0 Å². The van der Waals surface area contributed by atoms with Crippen LogP contribution in [0.25, 0.3) is 21.7 Å². The smallest absolute Gasteiger partial charge is 0.259 e. The van der Waals surface area contributed by atoms with E-state index in [9.17, 15) is 29.4 Å². The summed E-state index contributed by atoms with van der Waals surface area (Å²) in [4.78, 5) is 56.1. The third kappa shape index (κ3) is 4.61. The van der Waals surface area contributed by atoms with Gasteiger partial charge in [-0.15, -0.1) is 0 Å². The average molecular weight is 498 g/mol. The Morgan fingerprint density at radius 3 is 2.65 bits per heavy atom. The summed E-state index contributed by atoms with van der Waals surface area (Å²) in [5.41, 5.74) is 3.08. The molecule has 10 heteroatoms. The van der Waals surface area contributed by atoms with Crippen LogP contribution < -0.4 is 21.1 Å². The first-order valence-corrected chi connectivity index (χ1v) is 11.7. The second-order valence-electron chi connectivity index (χ2n) is 9.07. The number of hydrogen-bond donors (Lipinski definition) is 2. The topological polar surface area (TPSA) is 158 Å². The highest BCUT2D eigenvalue weighted by atomic mass is 16.4. The van der Waals surface area contributed by atoms with Gasteiger partial charge >= 0.3 is 0 Å². The summed E-state index contributed by atoms with van der Waals surface area (Å²) in [6.45, 7) is 2.21. The number of aromatic amines is 1. The van der Waals surface area contributed by atoms with Gasteiger partial charge in [-0.2, -0.15) is 0 Å². The monoisotopic (exact) mass is 498 g/mol. The van der Waals surface area contributed by atoms with Crippen molar-refractivity contribution in [3.8, 4) is 0 Å². The molecule has 4 aromatic rings. The first-order chi connectivity index (χ1) is 17.7. The van der Waals surface area contributed by atoms with Crippen molar-refractivity contribution in [2.75, 3.05) is 5.32 Å². The second kappa shape index (κ2) is 9.38. The number of benzene rings is 3. The van der Waals surface area contributed by atoms with Gasteiger partial charge in [0.1, 0.15) is 5.82 Å². The molecule has 1 aliphatic rings. The molecule has 2 N–H and O–H groups in total. The van der Waals surface area contributed by atoms with E-state index in [0.29, 0.717) is 34.4 Å². The number of hydrogen-bond acceptors (Lipinski definition) is 8. The fraction of sp³-hybridized carbons (Fsp3) is 0.222. The highest BCUT2D eigenvalue weighted by Gasteiger charge is 2.33. The van der Waals surface area contributed by atoms with E-state index in [1.54, 1.807) is 25.1 Å². The molecule has 188 valence electrons. The van der Waals surface area contributed by atoms with Crippen LogP contribution in [0.1, 0.15) is 40.2 Å². The van der Waals surface area contributed by atoms with Crippen LogP contribution >= 0.6 is 0 Å². The Morgan fingerprint density at radius 1 is 1.11 bits per heavy atom. The molecule has 1 aliphatic heterocycles. The molecule has 2 heterocycles. The number of amides is 1. The minimum Gasteiger partial charge on any atom is -0.550 e. The molecule has 3 aromatic carbocycles. The zero-order valence-corrected chi connectivity index (χ0v) is 19.9. The summed E-state index contributed by atoms with van der Waals surface area (Å²) in [6, 6.07) is 13.4. The third-order valence-corrected chi connectivity index (χ3v) is 6.58. The van der Waals surface area contributed by atoms with Gasteiger partial charge in [-0.1, -0.05) is 18.2 Å². The van der Waals surface area contributed by atoms with E-state index in [1.807, 2.05) is 30.3 Å². The molecule has 37 heavy (non-hydrogen) atoms. The number of aryl methyl sites for hydroxylation is 1. The van der Waals surface area contributed by atoms with Crippen LogP contribution in [0, 0.1) is 6.92 Å². The molecule has 0 aliphatic carbocycles. The lowest BCUT2D eigenvalue weighted by molar-refractivity contribution is -0.312. The fourth-order valence-electron chi connectivity index (χ4n) is 4.80. The fourth-order valence-corrected chi connectivity index (χ4v) is 4.80. The maximum atomic E-state index is 12.8. The minimum absolute atomic E-state index is 0.0343. The molecule has 0 saturated carbocycles. The van der Waals surface area contributed by atoms with Crippen molar-refractivity contribution < 1.29 is 24.6 Å². The van der Waals surface area contributed by atoms with Crippen molar-refractivity contribution in [1.82, 2.24) is 14.9 Å². The van der Waals surface area contributed by atoms with Crippen molar-refractivity contribution in [1.29, 1.82) is 0 Å². The van der Waals surface area contributed by atoms with E-state index in [2.05, 4.69) is 15.3 Å². The number of nitrogens with zero attached hydrogens (tertiary/aromatic N) is 2. The zero-order chi connectivity index (χ0) is 26.3. The normalized spacial score (nSPS) is 13.6. The number of carboxylic acids is 2. The summed E-state index contributed by atoms with van der Waals surface area (Å²) in [5.74, 6) is -2.83. The van der Waals surface area contributed by atoms with Crippen LogP contribution in [-0.2, 0) is 22.7 Å². The number of aliphatic carboxylic acids is 2. The van der Waals surface area contributed by atoms with E-state index in [1.165, 1.54) is 0 Å². The van der Waals surface area contributed by atoms with Crippen molar-refractivity contribution in [3.63, 3.8) is 0 Å². The average Bonchev–Trinajstić information content (AvgIpc) is 3.17. The van der Waals surface area contributed by atoms with E-state index in [0.717, 1.165) is 26.9 Å². The lowest BCUT2D eigenvalue weighted by Gasteiger charge is -2.28. The number of aromatic nitrogens is 2. The molecule has 1 amide bonds. The molecule has 0 radical (unpaired) electrons. The molecule has 5 rings (SSSR count). The van der Waals surface area contributed by atoms with E-state index in [4.69, 9.17) is 0 Å². The Bertz CT molecular complexity index is 1640. The molecule has 10 nitrogen and oxygen atoms in total. The van der Waals surface area contributed by atoms with Crippen molar-refractivity contribution in [2.45, 2.75) is 38.9 Å². The molecular weight excluding hydrogens is 476 g/mol. The molecule has 0 spiro atoms. The predicted octanol–water partition coefficient (Wildman–Crippen LogP) is 0.601. The number of anilines is 1. The molecule has 1 atom stereocenters. The van der Waals surface area contributed by atoms with Gasteiger partial charge in [0.25, 0.3) is 11.5 Å². The van der Waals surface area contributed by atoms with Gasteiger partial charge in [-0.25, -0.2) is 4.98 Å². The van der Waals surface area contributed by atoms with Crippen molar-refractivity contribution in [2.24, 2.45) is 0 Å². The Morgan fingerprint density at radius 2 is 1.89 bits per heavy atom. The number of nitrogens with one attached hydrogen (secondary N) is 2. The molecule has 0 bridgehead atoms. The van der Waals surface area contributed by atoms with Crippen LogP contribution in [0.15, 0.2) is 53.3 Å². The molecule has 1 aromatic heterocycles. The predicted molar refractivity (Wildman–Crippen MR) is 131 cm³/mol. The number of carbonyl (C=O) groups excluding carboxylic acids is 3. The molecule has 0 saturated heterocycles. The number of carboxylic acid groups (broad SMARTS) is 2. The van der Waals surface area contributed by atoms with E-state index in [-0.39, 0.29) is 18.5 Å². The Labute approximate surface area is 210 Å².